The largest absolute Gasteiger partial charge is 0.396 e. The second-order valence-corrected chi connectivity index (χ2v) is 8.67. The smallest absolute Gasteiger partial charge is 0.243 e. The fourth-order valence-corrected chi connectivity index (χ4v) is 4.36. The Balaban J connectivity index is 2.20. The lowest BCUT2D eigenvalue weighted by molar-refractivity contribution is 0.274. The van der Waals surface area contributed by atoms with E-state index in [9.17, 15) is 21.2 Å². The molecular formula is C11H16FN3O4S2. The molecular weight excluding hydrogens is 321 g/mol. The second-order valence-electron chi connectivity index (χ2n) is 4.75. The van der Waals surface area contributed by atoms with Gasteiger partial charge in [0.25, 0.3) is 0 Å². The Hall–Kier alpha value is -1.23. The third-order valence-corrected chi connectivity index (χ3v) is 6.47. The lowest BCUT2D eigenvalue weighted by Gasteiger charge is -2.32. The van der Waals surface area contributed by atoms with Crippen molar-refractivity contribution in [1.82, 2.24) is 8.61 Å². The number of nitrogens with zero attached hydrogens (tertiary/aromatic N) is 2. The van der Waals surface area contributed by atoms with Crippen molar-refractivity contribution in [2.75, 3.05) is 38.2 Å². The van der Waals surface area contributed by atoms with E-state index in [1.54, 1.807) is 0 Å². The molecule has 2 N–H and O–H groups in total. The summed E-state index contributed by atoms with van der Waals surface area (Å²) in [5, 5.41) is 0. The molecule has 0 aliphatic carbocycles. The van der Waals surface area contributed by atoms with Gasteiger partial charge in [0.05, 0.1) is 16.8 Å². The van der Waals surface area contributed by atoms with Gasteiger partial charge in [0.1, 0.15) is 5.82 Å². The number of rotatable bonds is 3. The van der Waals surface area contributed by atoms with Gasteiger partial charge in [-0.25, -0.2) is 21.2 Å². The molecule has 1 aromatic carbocycles. The zero-order chi connectivity index (χ0) is 15.8. The number of nitrogens with two attached hydrogens (primary N) is 1. The van der Waals surface area contributed by atoms with Crippen LogP contribution in [0.1, 0.15) is 0 Å². The van der Waals surface area contributed by atoms with Crippen molar-refractivity contribution in [2.45, 2.75) is 4.90 Å². The lowest BCUT2D eigenvalue weighted by Crippen LogP contribution is -2.50. The summed E-state index contributed by atoms with van der Waals surface area (Å²) in [4.78, 5) is -0.103. The second kappa shape index (κ2) is 5.52. The molecule has 21 heavy (non-hydrogen) atoms. The molecule has 1 fully saturated rings. The summed E-state index contributed by atoms with van der Waals surface area (Å²) in [7, 11) is -7.13. The molecule has 0 saturated carbocycles. The van der Waals surface area contributed by atoms with Crippen molar-refractivity contribution >= 4 is 25.7 Å². The van der Waals surface area contributed by atoms with Gasteiger partial charge in [-0.2, -0.15) is 8.61 Å². The SMILES string of the molecule is CS(=O)(=O)N1CCN(S(=O)(=O)c2ccc(F)c(N)c2)CC1. The summed E-state index contributed by atoms with van der Waals surface area (Å²) >= 11 is 0. The van der Waals surface area contributed by atoms with Crippen LogP contribution in [-0.2, 0) is 20.0 Å². The Morgan fingerprint density at radius 3 is 2.05 bits per heavy atom. The summed E-state index contributed by atoms with van der Waals surface area (Å²) in [5.74, 6) is -0.684. The minimum absolute atomic E-state index is 0.0483. The number of halogens is 1. The Morgan fingerprint density at radius 2 is 1.57 bits per heavy atom. The number of sulfonamides is 2. The topological polar surface area (TPSA) is 101 Å². The number of benzene rings is 1. The summed E-state index contributed by atoms with van der Waals surface area (Å²) in [6.45, 7) is 0.281. The molecule has 1 aromatic rings. The zero-order valence-electron chi connectivity index (χ0n) is 11.4. The van der Waals surface area contributed by atoms with Gasteiger partial charge in [-0.3, -0.25) is 0 Å². The van der Waals surface area contributed by atoms with Crippen molar-refractivity contribution < 1.29 is 21.2 Å². The average Bonchev–Trinajstić information content (AvgIpc) is 2.41. The maximum atomic E-state index is 13.1. The molecule has 1 aliphatic rings. The van der Waals surface area contributed by atoms with E-state index in [-0.39, 0.29) is 36.8 Å². The fourth-order valence-electron chi connectivity index (χ4n) is 2.07. The average molecular weight is 337 g/mol. The van der Waals surface area contributed by atoms with E-state index >= 15 is 0 Å². The van der Waals surface area contributed by atoms with Gasteiger partial charge in [0.15, 0.2) is 0 Å². The molecule has 0 spiro atoms. The fraction of sp³-hybridized carbons (Fsp3) is 0.455. The predicted molar refractivity (Wildman–Crippen MR) is 76.0 cm³/mol. The van der Waals surface area contributed by atoms with Crippen LogP contribution in [0.4, 0.5) is 10.1 Å². The molecule has 7 nitrogen and oxygen atoms in total. The van der Waals surface area contributed by atoms with Crippen LogP contribution in [0, 0.1) is 5.82 Å². The third-order valence-electron chi connectivity index (χ3n) is 3.27. The molecule has 1 saturated heterocycles. The van der Waals surface area contributed by atoms with E-state index < -0.39 is 25.9 Å². The Labute approximate surface area is 123 Å². The number of hydrogen-bond donors (Lipinski definition) is 1. The Bertz CT molecular complexity index is 741. The number of hydrogen-bond acceptors (Lipinski definition) is 5. The molecule has 118 valence electrons. The van der Waals surface area contributed by atoms with Gasteiger partial charge in [-0.15, -0.1) is 0 Å². The van der Waals surface area contributed by atoms with Crippen LogP contribution in [0.15, 0.2) is 23.1 Å². The molecule has 0 radical (unpaired) electrons. The number of nitrogen functional groups attached to an aromatic ring is 1. The van der Waals surface area contributed by atoms with Crippen molar-refractivity contribution in [1.29, 1.82) is 0 Å². The van der Waals surface area contributed by atoms with Gasteiger partial charge in [0, 0.05) is 26.2 Å². The van der Waals surface area contributed by atoms with Crippen molar-refractivity contribution in [2.24, 2.45) is 0 Å². The first kappa shape index (κ1) is 16.1. The van der Waals surface area contributed by atoms with Gasteiger partial charge in [-0.1, -0.05) is 0 Å². The third kappa shape index (κ3) is 3.34. The highest BCUT2D eigenvalue weighted by atomic mass is 32.2. The maximum absolute atomic E-state index is 13.1. The molecule has 0 unspecified atom stereocenters. The Morgan fingerprint density at radius 1 is 1.05 bits per heavy atom. The van der Waals surface area contributed by atoms with Crippen LogP contribution in [0.5, 0.6) is 0 Å². The molecule has 10 heteroatoms. The zero-order valence-corrected chi connectivity index (χ0v) is 13.0. The van der Waals surface area contributed by atoms with Crippen LogP contribution in [-0.4, -0.2) is 57.9 Å². The van der Waals surface area contributed by atoms with Crippen LogP contribution < -0.4 is 5.73 Å². The van der Waals surface area contributed by atoms with Crippen molar-refractivity contribution in [3.05, 3.63) is 24.0 Å². The monoisotopic (exact) mass is 337 g/mol. The molecule has 0 atom stereocenters. The number of anilines is 1. The van der Waals surface area contributed by atoms with Crippen LogP contribution in [0.25, 0.3) is 0 Å². The summed E-state index contributed by atoms with van der Waals surface area (Å²) in [5.41, 5.74) is 5.14. The molecule has 0 amide bonds. The van der Waals surface area contributed by atoms with E-state index in [2.05, 4.69) is 0 Å². The van der Waals surface area contributed by atoms with E-state index in [1.165, 1.54) is 8.61 Å². The molecule has 1 aliphatic heterocycles. The van der Waals surface area contributed by atoms with Crippen LogP contribution >= 0.6 is 0 Å². The van der Waals surface area contributed by atoms with Crippen molar-refractivity contribution in [3.63, 3.8) is 0 Å². The van der Waals surface area contributed by atoms with Crippen LogP contribution in [0.3, 0.4) is 0 Å². The van der Waals surface area contributed by atoms with E-state index in [4.69, 9.17) is 5.73 Å². The molecule has 2 rings (SSSR count). The standard InChI is InChI=1S/C11H16FN3O4S2/c1-20(16,17)14-4-6-15(7-5-14)21(18,19)9-2-3-10(12)11(13)8-9/h2-3,8H,4-7,13H2,1H3. The summed E-state index contributed by atoms with van der Waals surface area (Å²) in [6, 6.07) is 3.20. The van der Waals surface area contributed by atoms with E-state index in [0.29, 0.717) is 0 Å². The molecule has 1 heterocycles. The van der Waals surface area contributed by atoms with Gasteiger partial charge >= 0.3 is 0 Å². The minimum Gasteiger partial charge on any atom is -0.396 e. The molecule has 0 aromatic heterocycles. The predicted octanol–water partition coefficient (Wildman–Crippen LogP) is -0.326. The lowest BCUT2D eigenvalue weighted by atomic mass is 10.3. The first-order valence-electron chi connectivity index (χ1n) is 6.12. The van der Waals surface area contributed by atoms with E-state index in [1.807, 2.05) is 0 Å². The first-order valence-corrected chi connectivity index (χ1v) is 9.41. The summed E-state index contributed by atoms with van der Waals surface area (Å²) < 4.78 is 63.1. The van der Waals surface area contributed by atoms with Crippen LogP contribution in [0.2, 0.25) is 0 Å². The normalized spacial score (nSPS) is 18.8. The highest BCUT2D eigenvalue weighted by molar-refractivity contribution is 7.89. The van der Waals surface area contributed by atoms with Crippen molar-refractivity contribution in [3.8, 4) is 0 Å². The maximum Gasteiger partial charge on any atom is 0.243 e. The quantitative estimate of drug-likeness (QED) is 0.762. The minimum atomic E-state index is -3.81. The van der Waals surface area contributed by atoms with Gasteiger partial charge in [0.2, 0.25) is 20.0 Å². The van der Waals surface area contributed by atoms with Gasteiger partial charge in [-0.05, 0) is 18.2 Å². The Kier molecular flexibility index (Phi) is 4.24. The highest BCUT2D eigenvalue weighted by Crippen LogP contribution is 2.21. The summed E-state index contributed by atoms with van der Waals surface area (Å²) in [6.07, 6.45) is 1.08. The molecule has 0 bridgehead atoms. The highest BCUT2D eigenvalue weighted by Gasteiger charge is 2.31. The van der Waals surface area contributed by atoms with E-state index in [0.717, 1.165) is 24.5 Å². The number of piperazine rings is 1. The first-order chi connectivity index (χ1) is 9.62. The van der Waals surface area contributed by atoms with Gasteiger partial charge < -0.3 is 5.73 Å².